The molecule has 0 nitrogen and oxygen atoms in total. The fourth-order valence-electron chi connectivity index (χ4n) is 2.51. The molecule has 3 rings (SSSR count). The molecule has 1 aromatic carbocycles. The van der Waals surface area contributed by atoms with Gasteiger partial charge >= 0.3 is 104 Å². The first-order valence-electron chi connectivity index (χ1n) is 5.88. The van der Waals surface area contributed by atoms with Gasteiger partial charge in [-0.2, -0.15) is 0 Å². The Morgan fingerprint density at radius 3 is 2.47 bits per heavy atom. The van der Waals surface area contributed by atoms with Crippen molar-refractivity contribution in [1.29, 1.82) is 0 Å². The molecule has 3 heteroatoms. The van der Waals surface area contributed by atoms with Crippen molar-refractivity contribution in [3.05, 3.63) is 41.0 Å². The van der Waals surface area contributed by atoms with Crippen LogP contribution >= 0.6 is 0 Å². The maximum Gasteiger partial charge on any atom is -1.00 e. The van der Waals surface area contributed by atoms with Gasteiger partial charge in [-0.05, 0) is 0 Å². The standard InChI is InChI=1S/C10H9.C4H7.2ClH.Zr/c1-8-6-9-4-2-3-5-10(9)7-8;1-2-4-3-1;;;/h2-7H,1H3;1H,2-4H2;2*1H;/q;;;;+2/p-2. The van der Waals surface area contributed by atoms with Gasteiger partial charge in [-0.15, -0.1) is 0 Å². The van der Waals surface area contributed by atoms with Crippen molar-refractivity contribution >= 4 is 6.08 Å². The molecule has 0 heterocycles. The molecule has 2 aliphatic carbocycles. The van der Waals surface area contributed by atoms with Crippen molar-refractivity contribution in [3.63, 3.8) is 0 Å². The van der Waals surface area contributed by atoms with E-state index in [1.54, 1.807) is 11.1 Å². The number of rotatable bonds is 2. The maximum atomic E-state index is 2.42. The fraction of sp³-hybridized carbons (Fsp3) is 0.429. The smallest absolute Gasteiger partial charge is 1.00 e. The molecule has 1 aromatic rings. The molecular weight excluding hydrogens is 330 g/mol. The Labute approximate surface area is 128 Å². The Morgan fingerprint density at radius 1 is 1.12 bits per heavy atom. The summed E-state index contributed by atoms with van der Waals surface area (Å²) in [5.74, 6) is 0. The van der Waals surface area contributed by atoms with E-state index in [0.717, 1.165) is 3.63 Å². The molecule has 0 N–H and O–H groups in total. The molecule has 0 spiro atoms. The fourth-order valence-corrected chi connectivity index (χ4v) is 7.43. The number of benzene rings is 1. The van der Waals surface area contributed by atoms with Crippen LogP contribution in [-0.2, 0) is 23.2 Å². The van der Waals surface area contributed by atoms with E-state index >= 15 is 0 Å². The van der Waals surface area contributed by atoms with E-state index in [1.165, 1.54) is 28.5 Å². The minimum absolute atomic E-state index is 0. The van der Waals surface area contributed by atoms with Crippen molar-refractivity contribution in [1.82, 2.24) is 0 Å². The number of fused-ring (bicyclic) bond motifs is 1. The van der Waals surface area contributed by atoms with Crippen molar-refractivity contribution in [3.8, 4) is 0 Å². The maximum absolute atomic E-state index is 2.42. The summed E-state index contributed by atoms with van der Waals surface area (Å²) in [7, 11) is 0. The van der Waals surface area contributed by atoms with Crippen molar-refractivity contribution < 1.29 is 48.0 Å². The molecule has 17 heavy (non-hydrogen) atoms. The van der Waals surface area contributed by atoms with Crippen molar-refractivity contribution in [2.45, 2.75) is 33.4 Å². The van der Waals surface area contributed by atoms with Gasteiger partial charge in [0.2, 0.25) is 0 Å². The van der Waals surface area contributed by atoms with Gasteiger partial charge < -0.3 is 24.8 Å². The molecule has 1 atom stereocenters. The second-order valence-corrected chi connectivity index (χ2v) is 8.99. The first-order chi connectivity index (χ1) is 7.34. The molecule has 0 amide bonds. The van der Waals surface area contributed by atoms with Crippen LogP contribution in [0.3, 0.4) is 0 Å². The molecule has 0 saturated heterocycles. The van der Waals surface area contributed by atoms with Gasteiger partial charge in [0.25, 0.3) is 0 Å². The van der Waals surface area contributed by atoms with E-state index in [0.29, 0.717) is 0 Å². The third-order valence-corrected chi connectivity index (χ3v) is 8.93. The number of halogens is 2. The average Bonchev–Trinajstić information content (AvgIpc) is 2.48. The third-order valence-electron chi connectivity index (χ3n) is 3.65. The van der Waals surface area contributed by atoms with Crippen LogP contribution in [0.25, 0.3) is 6.08 Å². The Bertz CT molecular complexity index is 410. The minimum atomic E-state index is -0.220. The van der Waals surface area contributed by atoms with Gasteiger partial charge in [-0.3, -0.25) is 0 Å². The van der Waals surface area contributed by atoms with Gasteiger partial charge in [0.05, 0.1) is 0 Å². The number of allylic oxidation sites excluding steroid dienone is 1. The van der Waals surface area contributed by atoms with E-state index in [-0.39, 0.29) is 48.0 Å². The average molecular weight is 346 g/mol. The van der Waals surface area contributed by atoms with Gasteiger partial charge in [-0.1, -0.05) is 0 Å². The summed E-state index contributed by atoms with van der Waals surface area (Å²) in [6.07, 6.45) is 7.00. The predicted molar refractivity (Wildman–Crippen MR) is 60.4 cm³/mol. The Balaban J connectivity index is 0.000000722. The molecule has 0 aromatic heterocycles. The third kappa shape index (κ3) is 3.06. The quantitative estimate of drug-likeness (QED) is 0.593. The van der Waals surface area contributed by atoms with Crippen LogP contribution in [0.2, 0.25) is 3.63 Å². The summed E-state index contributed by atoms with van der Waals surface area (Å²) in [6, 6.07) is 9.00. The zero-order valence-electron chi connectivity index (χ0n) is 9.92. The zero-order valence-corrected chi connectivity index (χ0v) is 13.9. The zero-order chi connectivity index (χ0) is 10.3. The number of hydrogen-bond donors (Lipinski definition) is 0. The van der Waals surface area contributed by atoms with Gasteiger partial charge in [-0.25, -0.2) is 0 Å². The normalized spacial score (nSPS) is 21.2. The van der Waals surface area contributed by atoms with E-state index in [4.69, 9.17) is 0 Å². The van der Waals surface area contributed by atoms with Crippen molar-refractivity contribution in [2.75, 3.05) is 0 Å². The van der Waals surface area contributed by atoms with Crippen molar-refractivity contribution in [2.24, 2.45) is 0 Å². The first-order valence-corrected chi connectivity index (χ1v) is 8.71. The van der Waals surface area contributed by atoms with Crippen LogP contribution in [0, 0.1) is 0 Å². The summed E-state index contributed by atoms with van der Waals surface area (Å²) < 4.78 is 2.07. The Hall–Kier alpha value is 0.423. The molecule has 0 aliphatic heterocycles. The second-order valence-electron chi connectivity index (χ2n) is 4.74. The SMILES string of the molecule is CC1=Cc2ccccc2[CH]1[Zr+2][CH]1CCC1.[Cl-].[Cl-]. The van der Waals surface area contributed by atoms with Crippen LogP contribution in [0.1, 0.15) is 40.9 Å². The van der Waals surface area contributed by atoms with Gasteiger partial charge in [0.15, 0.2) is 0 Å². The summed E-state index contributed by atoms with van der Waals surface area (Å²) in [4.78, 5) is 0. The topological polar surface area (TPSA) is 0 Å². The van der Waals surface area contributed by atoms with E-state index in [2.05, 4.69) is 37.3 Å². The summed E-state index contributed by atoms with van der Waals surface area (Å²) in [6.45, 7) is 2.34. The summed E-state index contributed by atoms with van der Waals surface area (Å²) >= 11 is -0.220. The van der Waals surface area contributed by atoms with Gasteiger partial charge in [0.1, 0.15) is 0 Å². The minimum Gasteiger partial charge on any atom is -1.00 e. The molecule has 0 radical (unpaired) electrons. The summed E-state index contributed by atoms with van der Waals surface area (Å²) in [5, 5.41) is 0. The van der Waals surface area contributed by atoms with E-state index in [9.17, 15) is 0 Å². The van der Waals surface area contributed by atoms with E-state index < -0.39 is 0 Å². The van der Waals surface area contributed by atoms with Crippen LogP contribution in [0.5, 0.6) is 0 Å². The molecule has 1 saturated carbocycles. The number of hydrogen-bond acceptors (Lipinski definition) is 0. The first kappa shape index (κ1) is 15.5. The molecular formula is C14H16Cl2Zr. The molecule has 2 aliphatic rings. The van der Waals surface area contributed by atoms with Crippen LogP contribution < -0.4 is 24.8 Å². The molecule has 1 fully saturated rings. The van der Waals surface area contributed by atoms with E-state index in [1.807, 2.05) is 0 Å². The molecule has 90 valence electrons. The van der Waals surface area contributed by atoms with Crippen LogP contribution in [-0.4, -0.2) is 0 Å². The second kappa shape index (κ2) is 6.55. The Kier molecular flexibility index (Phi) is 5.96. The van der Waals surface area contributed by atoms with Gasteiger partial charge in [0, 0.05) is 0 Å². The monoisotopic (exact) mass is 344 g/mol. The predicted octanol–water partition coefficient (Wildman–Crippen LogP) is -1.79. The molecule has 0 bridgehead atoms. The largest absolute Gasteiger partial charge is 1.00 e. The molecule has 1 unspecified atom stereocenters. The summed E-state index contributed by atoms with van der Waals surface area (Å²) in [5.41, 5.74) is 4.79. The Morgan fingerprint density at radius 2 is 1.82 bits per heavy atom. The van der Waals surface area contributed by atoms with Crippen LogP contribution in [0.15, 0.2) is 29.8 Å². The van der Waals surface area contributed by atoms with Crippen LogP contribution in [0.4, 0.5) is 0 Å².